The molecule has 0 spiro atoms. The van der Waals surface area contributed by atoms with Crippen molar-refractivity contribution in [1.82, 2.24) is 9.69 Å². The monoisotopic (exact) mass is 565 g/mol. The van der Waals surface area contributed by atoms with Gasteiger partial charge in [-0.25, -0.2) is 0 Å². The molecule has 1 heterocycles. The molecule has 1 aromatic heterocycles. The van der Waals surface area contributed by atoms with Gasteiger partial charge in [0.2, 0.25) is 5.91 Å². The van der Waals surface area contributed by atoms with Gasteiger partial charge in [-0.3, -0.25) is 19.3 Å². The summed E-state index contributed by atoms with van der Waals surface area (Å²) in [6.07, 6.45) is 4.96. The number of anilines is 2. The summed E-state index contributed by atoms with van der Waals surface area (Å²) in [6.45, 7) is 4.74. The van der Waals surface area contributed by atoms with E-state index in [2.05, 4.69) is 9.69 Å². The Bertz CT molecular complexity index is 1320. The number of aromatic nitrogens is 1. The molecule has 1 fully saturated rings. The molecule has 0 aliphatic heterocycles. The van der Waals surface area contributed by atoms with E-state index in [-0.39, 0.29) is 28.2 Å². The molecule has 3 amide bonds. The number of nitrogen functional groups attached to an aromatic ring is 1. The summed E-state index contributed by atoms with van der Waals surface area (Å²) in [7, 11) is 0. The molecular formula is C29H35N5O5S. The molecule has 10 nitrogen and oxygen atoms in total. The zero-order valence-corrected chi connectivity index (χ0v) is 23.5. The number of hydrogen-bond acceptors (Lipinski definition) is 8. The first kappa shape index (κ1) is 28.9. The van der Waals surface area contributed by atoms with E-state index in [0.717, 1.165) is 43.6 Å². The number of nitrogens with zero attached hydrogens (tertiary/aromatic N) is 2. The van der Waals surface area contributed by atoms with Crippen LogP contribution < -0.4 is 31.2 Å². The lowest BCUT2D eigenvalue weighted by Crippen LogP contribution is -2.47. The molecule has 212 valence electrons. The highest BCUT2D eigenvalue weighted by Gasteiger charge is 2.37. The molecule has 4 rings (SSSR count). The van der Waals surface area contributed by atoms with E-state index < -0.39 is 17.9 Å². The van der Waals surface area contributed by atoms with E-state index >= 15 is 0 Å². The number of nitrogens with two attached hydrogens (primary N) is 2. The van der Waals surface area contributed by atoms with Gasteiger partial charge in [0.1, 0.15) is 22.4 Å². The standard InChI is InChI=1S/C29H35N5O5S/c1-3-38-21-14-10-18(11-15-21)25(28(36)32-19-8-6-5-7-9-19)34(20-12-16-22(17-13-20)39-4-2)29(37)26-23(30)24(27(31)35)33-40-26/h10-17,19,25H,3-9,30H2,1-2H3,(H2,31,35)(H,32,36)/t25-/m1/s1. The van der Waals surface area contributed by atoms with Crippen LogP contribution in [0, 0.1) is 0 Å². The number of amides is 3. The van der Waals surface area contributed by atoms with Crippen molar-refractivity contribution in [3.05, 3.63) is 64.7 Å². The van der Waals surface area contributed by atoms with Gasteiger partial charge >= 0.3 is 0 Å². The maximum atomic E-state index is 14.2. The Balaban J connectivity index is 1.82. The molecule has 0 bridgehead atoms. The van der Waals surface area contributed by atoms with Crippen LogP contribution in [0.4, 0.5) is 11.4 Å². The van der Waals surface area contributed by atoms with E-state index in [1.807, 2.05) is 13.8 Å². The molecule has 5 N–H and O–H groups in total. The summed E-state index contributed by atoms with van der Waals surface area (Å²) in [4.78, 5) is 41.5. The molecule has 11 heteroatoms. The maximum absolute atomic E-state index is 14.2. The molecular weight excluding hydrogens is 530 g/mol. The van der Waals surface area contributed by atoms with Crippen LogP contribution in [0.3, 0.4) is 0 Å². The topological polar surface area (TPSA) is 150 Å². The maximum Gasteiger partial charge on any atom is 0.273 e. The Labute approximate surface area is 237 Å². The third-order valence-corrected chi connectivity index (χ3v) is 7.62. The average Bonchev–Trinajstić information content (AvgIpc) is 3.35. The lowest BCUT2D eigenvalue weighted by atomic mass is 9.94. The first-order valence-electron chi connectivity index (χ1n) is 13.5. The van der Waals surface area contributed by atoms with Crippen molar-refractivity contribution >= 4 is 40.6 Å². The fraction of sp³-hybridized carbons (Fsp3) is 0.379. The van der Waals surface area contributed by atoms with Gasteiger partial charge in [0.15, 0.2) is 5.69 Å². The minimum absolute atomic E-state index is 0.0127. The second-order valence-corrected chi connectivity index (χ2v) is 10.3. The molecule has 2 aromatic carbocycles. The van der Waals surface area contributed by atoms with Crippen LogP contribution in [0.25, 0.3) is 0 Å². The van der Waals surface area contributed by atoms with Gasteiger partial charge in [-0.05, 0) is 80.2 Å². The Morgan fingerprint density at radius 3 is 2.08 bits per heavy atom. The molecule has 3 aromatic rings. The molecule has 40 heavy (non-hydrogen) atoms. The highest BCUT2D eigenvalue weighted by atomic mass is 32.1. The normalized spacial score (nSPS) is 14.2. The molecule has 1 aliphatic rings. The lowest BCUT2D eigenvalue weighted by Gasteiger charge is -2.33. The third-order valence-electron chi connectivity index (χ3n) is 6.77. The predicted molar refractivity (Wildman–Crippen MR) is 155 cm³/mol. The second-order valence-electron chi connectivity index (χ2n) is 9.49. The van der Waals surface area contributed by atoms with Gasteiger partial charge in [0.25, 0.3) is 11.8 Å². The van der Waals surface area contributed by atoms with Gasteiger partial charge in [-0.1, -0.05) is 31.4 Å². The quantitative estimate of drug-likeness (QED) is 0.311. The lowest BCUT2D eigenvalue weighted by molar-refractivity contribution is -0.123. The summed E-state index contributed by atoms with van der Waals surface area (Å²) in [5.74, 6) is -0.468. The van der Waals surface area contributed by atoms with Crippen LogP contribution in [0.15, 0.2) is 48.5 Å². The molecule has 1 atom stereocenters. The van der Waals surface area contributed by atoms with Gasteiger partial charge in [-0.2, -0.15) is 4.37 Å². The van der Waals surface area contributed by atoms with Crippen molar-refractivity contribution in [2.75, 3.05) is 23.8 Å². The smallest absolute Gasteiger partial charge is 0.273 e. The Morgan fingerprint density at radius 1 is 0.975 bits per heavy atom. The molecule has 0 radical (unpaired) electrons. The van der Waals surface area contributed by atoms with Crippen molar-refractivity contribution in [2.45, 2.75) is 58.0 Å². The van der Waals surface area contributed by atoms with Gasteiger partial charge in [-0.15, -0.1) is 0 Å². The summed E-state index contributed by atoms with van der Waals surface area (Å²) < 4.78 is 15.2. The predicted octanol–water partition coefficient (Wildman–Crippen LogP) is 4.46. The van der Waals surface area contributed by atoms with E-state index in [9.17, 15) is 14.4 Å². The number of benzene rings is 2. The van der Waals surface area contributed by atoms with E-state index in [4.69, 9.17) is 20.9 Å². The first-order chi connectivity index (χ1) is 19.3. The number of primary amides is 1. The fourth-order valence-electron chi connectivity index (χ4n) is 4.85. The van der Waals surface area contributed by atoms with E-state index in [1.165, 1.54) is 4.90 Å². The number of carbonyl (C=O) groups excluding carboxylic acids is 3. The summed E-state index contributed by atoms with van der Waals surface area (Å²) in [5, 5.41) is 3.18. The average molecular weight is 566 g/mol. The Hall–Kier alpha value is -4.12. The number of ether oxygens (including phenoxy) is 2. The van der Waals surface area contributed by atoms with Crippen molar-refractivity contribution in [3.63, 3.8) is 0 Å². The zero-order chi connectivity index (χ0) is 28.6. The molecule has 1 saturated carbocycles. The third kappa shape index (κ3) is 6.53. The van der Waals surface area contributed by atoms with Gasteiger partial charge < -0.3 is 26.3 Å². The van der Waals surface area contributed by atoms with Crippen molar-refractivity contribution in [3.8, 4) is 11.5 Å². The Kier molecular flexibility index (Phi) is 9.60. The molecule has 1 aliphatic carbocycles. The highest BCUT2D eigenvalue weighted by Crippen LogP contribution is 2.35. The number of hydrogen-bond donors (Lipinski definition) is 3. The number of rotatable bonds is 11. The largest absolute Gasteiger partial charge is 0.494 e. The highest BCUT2D eigenvalue weighted by molar-refractivity contribution is 7.09. The summed E-state index contributed by atoms with van der Waals surface area (Å²) >= 11 is 0.772. The van der Waals surface area contributed by atoms with Crippen LogP contribution in [-0.4, -0.2) is 41.4 Å². The summed E-state index contributed by atoms with van der Waals surface area (Å²) in [6, 6.07) is 12.9. The van der Waals surface area contributed by atoms with Crippen LogP contribution in [0.5, 0.6) is 11.5 Å². The second kappa shape index (κ2) is 13.3. The molecule has 0 saturated heterocycles. The van der Waals surface area contributed by atoms with E-state index in [0.29, 0.717) is 36.0 Å². The van der Waals surface area contributed by atoms with Gasteiger partial charge in [0.05, 0.1) is 18.9 Å². The fourth-order valence-corrected chi connectivity index (χ4v) is 5.59. The van der Waals surface area contributed by atoms with Crippen LogP contribution in [-0.2, 0) is 4.79 Å². The van der Waals surface area contributed by atoms with Crippen LogP contribution >= 0.6 is 11.5 Å². The first-order valence-corrected chi connectivity index (χ1v) is 14.3. The number of nitrogens with one attached hydrogen (secondary N) is 1. The number of carbonyl (C=O) groups is 3. The SMILES string of the molecule is CCOc1ccc([C@H](C(=O)NC2CCCCC2)N(C(=O)c2snc(C(N)=O)c2N)c2ccc(OCC)cc2)cc1. The minimum Gasteiger partial charge on any atom is -0.494 e. The Morgan fingerprint density at radius 2 is 1.55 bits per heavy atom. The van der Waals surface area contributed by atoms with Crippen LogP contribution in [0.2, 0.25) is 0 Å². The van der Waals surface area contributed by atoms with Crippen molar-refractivity contribution in [1.29, 1.82) is 0 Å². The van der Waals surface area contributed by atoms with E-state index in [1.54, 1.807) is 48.5 Å². The summed E-state index contributed by atoms with van der Waals surface area (Å²) in [5.41, 5.74) is 12.3. The minimum atomic E-state index is -1.05. The van der Waals surface area contributed by atoms with Crippen molar-refractivity contribution in [2.24, 2.45) is 5.73 Å². The van der Waals surface area contributed by atoms with Crippen molar-refractivity contribution < 1.29 is 23.9 Å². The van der Waals surface area contributed by atoms with Gasteiger partial charge in [0, 0.05) is 11.7 Å². The molecule has 0 unspecified atom stereocenters. The van der Waals surface area contributed by atoms with Crippen LogP contribution in [0.1, 0.15) is 77.7 Å². The zero-order valence-electron chi connectivity index (χ0n) is 22.7.